The van der Waals surface area contributed by atoms with Crippen LogP contribution in [0, 0.1) is 5.92 Å². The molecule has 0 aromatic heterocycles. The molecule has 0 spiro atoms. The maximum atomic E-state index is 11.2. The third-order valence-corrected chi connectivity index (χ3v) is 2.52. The maximum absolute atomic E-state index is 11.2. The standard InChI is InChI=1S/C9H10O2.C2H6/c10-7-2-3-8-6(5-7)1-4-9(8)11;1-2/h5,8H,1-4H2;1-2H3. The lowest BCUT2D eigenvalue weighted by atomic mass is 9.89. The second kappa shape index (κ2) is 4.35. The van der Waals surface area contributed by atoms with Crippen molar-refractivity contribution in [3.05, 3.63) is 11.6 Å². The topological polar surface area (TPSA) is 34.1 Å². The normalized spacial score (nSPS) is 26.0. The molecule has 13 heavy (non-hydrogen) atoms. The summed E-state index contributed by atoms with van der Waals surface area (Å²) in [4.78, 5) is 22.1. The number of allylic oxidation sites excluding steroid dienone is 2. The lowest BCUT2D eigenvalue weighted by molar-refractivity contribution is -0.121. The van der Waals surface area contributed by atoms with Gasteiger partial charge in [-0.1, -0.05) is 19.4 Å². The van der Waals surface area contributed by atoms with E-state index < -0.39 is 0 Å². The molecule has 2 heteroatoms. The van der Waals surface area contributed by atoms with E-state index in [2.05, 4.69) is 0 Å². The first-order chi connectivity index (χ1) is 6.27. The maximum Gasteiger partial charge on any atom is 0.155 e. The Bertz CT molecular complexity index is 251. The number of fused-ring (bicyclic) bond motifs is 1. The number of carbonyl (C=O) groups excluding carboxylic acids is 2. The van der Waals surface area contributed by atoms with Gasteiger partial charge >= 0.3 is 0 Å². The fraction of sp³-hybridized carbons (Fsp3) is 0.636. The Hall–Kier alpha value is -0.920. The van der Waals surface area contributed by atoms with Gasteiger partial charge in [-0.15, -0.1) is 0 Å². The molecule has 2 aliphatic rings. The minimum absolute atomic E-state index is 0.118. The lowest BCUT2D eigenvalue weighted by Gasteiger charge is -2.13. The number of rotatable bonds is 0. The van der Waals surface area contributed by atoms with Gasteiger partial charge in [0.1, 0.15) is 5.78 Å². The van der Waals surface area contributed by atoms with Crippen LogP contribution >= 0.6 is 0 Å². The molecule has 72 valence electrons. The van der Waals surface area contributed by atoms with Crippen molar-refractivity contribution in [2.45, 2.75) is 39.5 Å². The smallest absolute Gasteiger partial charge is 0.155 e. The highest BCUT2D eigenvalue weighted by atomic mass is 16.1. The van der Waals surface area contributed by atoms with Crippen molar-refractivity contribution in [3.8, 4) is 0 Å². The zero-order chi connectivity index (χ0) is 9.84. The van der Waals surface area contributed by atoms with Crippen molar-refractivity contribution in [2.24, 2.45) is 5.92 Å². The number of hydrogen-bond acceptors (Lipinski definition) is 2. The van der Waals surface area contributed by atoms with Gasteiger partial charge in [0.05, 0.1) is 0 Å². The van der Waals surface area contributed by atoms with Crippen molar-refractivity contribution < 1.29 is 9.59 Å². The summed E-state index contributed by atoms with van der Waals surface area (Å²) in [7, 11) is 0. The van der Waals surface area contributed by atoms with E-state index in [4.69, 9.17) is 0 Å². The molecule has 2 rings (SSSR count). The minimum Gasteiger partial charge on any atom is -0.299 e. The van der Waals surface area contributed by atoms with Crippen LogP contribution in [0.1, 0.15) is 39.5 Å². The van der Waals surface area contributed by atoms with Gasteiger partial charge in [0.2, 0.25) is 0 Å². The van der Waals surface area contributed by atoms with E-state index in [-0.39, 0.29) is 11.7 Å². The van der Waals surface area contributed by atoms with Crippen LogP contribution in [-0.2, 0) is 9.59 Å². The van der Waals surface area contributed by atoms with Gasteiger partial charge in [0.25, 0.3) is 0 Å². The van der Waals surface area contributed by atoms with Gasteiger partial charge < -0.3 is 0 Å². The Kier molecular flexibility index (Phi) is 3.40. The van der Waals surface area contributed by atoms with E-state index >= 15 is 0 Å². The van der Waals surface area contributed by atoms with E-state index in [1.807, 2.05) is 13.8 Å². The largest absolute Gasteiger partial charge is 0.299 e. The third kappa shape index (κ3) is 2.06. The Morgan fingerprint density at radius 1 is 1.15 bits per heavy atom. The van der Waals surface area contributed by atoms with Crippen LogP contribution < -0.4 is 0 Å². The molecular formula is C11H16O2. The second-order valence-corrected chi connectivity index (χ2v) is 3.24. The summed E-state index contributed by atoms with van der Waals surface area (Å²) in [5, 5.41) is 0. The highest BCUT2D eigenvalue weighted by Crippen LogP contribution is 2.34. The zero-order valence-corrected chi connectivity index (χ0v) is 8.30. The second-order valence-electron chi connectivity index (χ2n) is 3.24. The number of ketones is 2. The van der Waals surface area contributed by atoms with Gasteiger partial charge in [-0.3, -0.25) is 9.59 Å². The van der Waals surface area contributed by atoms with Gasteiger partial charge in [-0.05, 0) is 18.9 Å². The monoisotopic (exact) mass is 180 g/mol. The van der Waals surface area contributed by atoms with Gasteiger partial charge in [0.15, 0.2) is 5.78 Å². The first-order valence-electron chi connectivity index (χ1n) is 5.03. The van der Waals surface area contributed by atoms with Crippen LogP contribution in [0.5, 0.6) is 0 Å². The first-order valence-corrected chi connectivity index (χ1v) is 5.03. The summed E-state index contributed by atoms with van der Waals surface area (Å²) in [6, 6.07) is 0. The zero-order valence-electron chi connectivity index (χ0n) is 8.30. The molecule has 1 unspecified atom stereocenters. The molecule has 0 saturated heterocycles. The van der Waals surface area contributed by atoms with Crippen molar-refractivity contribution in [1.82, 2.24) is 0 Å². The molecule has 2 aliphatic carbocycles. The molecule has 0 N–H and O–H groups in total. The van der Waals surface area contributed by atoms with E-state index in [1.165, 1.54) is 0 Å². The van der Waals surface area contributed by atoms with E-state index in [1.54, 1.807) is 6.08 Å². The summed E-state index contributed by atoms with van der Waals surface area (Å²) in [5.74, 6) is 0.655. The molecule has 0 bridgehead atoms. The van der Waals surface area contributed by atoms with Crippen molar-refractivity contribution in [3.63, 3.8) is 0 Å². The molecule has 0 heterocycles. The van der Waals surface area contributed by atoms with E-state index in [9.17, 15) is 9.59 Å². The predicted octanol–water partition coefficient (Wildman–Crippen LogP) is 2.28. The molecule has 0 radical (unpaired) electrons. The molecule has 0 aromatic rings. The molecular weight excluding hydrogens is 164 g/mol. The van der Waals surface area contributed by atoms with E-state index in [0.29, 0.717) is 18.6 Å². The predicted molar refractivity (Wildman–Crippen MR) is 51.4 cm³/mol. The Balaban J connectivity index is 0.000000396. The Morgan fingerprint density at radius 2 is 1.85 bits per heavy atom. The quantitative estimate of drug-likeness (QED) is 0.573. The van der Waals surface area contributed by atoms with Gasteiger partial charge in [-0.2, -0.15) is 0 Å². The average molecular weight is 180 g/mol. The summed E-state index contributed by atoms with van der Waals surface area (Å²) >= 11 is 0. The summed E-state index contributed by atoms with van der Waals surface area (Å²) in [6.45, 7) is 4.00. The average Bonchev–Trinajstić information content (AvgIpc) is 2.51. The number of carbonyl (C=O) groups is 2. The van der Waals surface area contributed by atoms with E-state index in [0.717, 1.165) is 18.4 Å². The highest BCUT2D eigenvalue weighted by molar-refractivity contribution is 5.97. The molecule has 1 saturated carbocycles. The summed E-state index contributed by atoms with van der Waals surface area (Å²) in [5.41, 5.74) is 1.09. The molecule has 2 nitrogen and oxygen atoms in total. The molecule has 1 fully saturated rings. The summed E-state index contributed by atoms with van der Waals surface area (Å²) in [6.07, 6.45) is 4.50. The highest BCUT2D eigenvalue weighted by Gasteiger charge is 2.32. The van der Waals surface area contributed by atoms with Crippen LogP contribution in [0.4, 0.5) is 0 Å². The van der Waals surface area contributed by atoms with Gasteiger partial charge in [-0.25, -0.2) is 0 Å². The van der Waals surface area contributed by atoms with Crippen LogP contribution in [-0.4, -0.2) is 11.6 Å². The molecule has 0 amide bonds. The fourth-order valence-electron chi connectivity index (χ4n) is 1.91. The minimum atomic E-state index is 0.118. The van der Waals surface area contributed by atoms with Crippen molar-refractivity contribution >= 4 is 11.6 Å². The fourth-order valence-corrected chi connectivity index (χ4v) is 1.91. The Labute approximate surface area is 79.0 Å². The number of Topliss-reactive ketones (excluding diaryl/α,β-unsaturated/α-hetero) is 1. The van der Waals surface area contributed by atoms with Gasteiger partial charge in [0, 0.05) is 18.8 Å². The van der Waals surface area contributed by atoms with Crippen LogP contribution in [0.2, 0.25) is 0 Å². The SMILES string of the molecule is CC.O=C1C=C2CCC(=O)C2CC1. The molecule has 0 aliphatic heterocycles. The Morgan fingerprint density at radius 3 is 2.54 bits per heavy atom. The molecule has 0 aromatic carbocycles. The van der Waals surface area contributed by atoms with Crippen molar-refractivity contribution in [1.29, 1.82) is 0 Å². The van der Waals surface area contributed by atoms with Crippen LogP contribution in [0.3, 0.4) is 0 Å². The van der Waals surface area contributed by atoms with Crippen LogP contribution in [0.25, 0.3) is 0 Å². The van der Waals surface area contributed by atoms with Crippen LogP contribution in [0.15, 0.2) is 11.6 Å². The number of hydrogen-bond donors (Lipinski definition) is 0. The van der Waals surface area contributed by atoms with Crippen molar-refractivity contribution in [2.75, 3.05) is 0 Å². The molecule has 1 atom stereocenters. The summed E-state index contributed by atoms with van der Waals surface area (Å²) < 4.78 is 0. The first kappa shape index (κ1) is 10.2. The third-order valence-electron chi connectivity index (χ3n) is 2.52. The lowest BCUT2D eigenvalue weighted by Crippen LogP contribution is -2.15.